The van der Waals surface area contributed by atoms with Gasteiger partial charge in [0.05, 0.1) is 12.0 Å². The summed E-state index contributed by atoms with van der Waals surface area (Å²) in [5, 5.41) is 26.0. The largest absolute Gasteiger partial charge is 0.481 e. The molecule has 2 aromatic carbocycles. The van der Waals surface area contributed by atoms with Crippen molar-refractivity contribution < 1.29 is 29.4 Å². The van der Waals surface area contributed by atoms with Gasteiger partial charge in [-0.15, -0.1) is 11.3 Å². The standard InChI is InChI=1S/C43H60N4O6S/c1-8-28(4)34(24-38(48)36-16-12-13-21-46(36)6)42(51)47(7)37(27(2)3)25-39(49)41-45-35(26-54-41)40(50)44-33(22-29(5)43(52)53)23-30-17-19-32(20-18-30)31-14-10-9-11-15-31/h9-11,14-15,17-20,26-29,33-34,36-37,39,49H,8,12-13,16,21-25H2,1-7H3,(H,44,50)(H,52,53)/t28?,29-,33+,34-,36?,37?,39+/m0/s1. The number of hydrogen-bond donors (Lipinski definition) is 3. The molecule has 0 radical (unpaired) electrons. The summed E-state index contributed by atoms with van der Waals surface area (Å²) in [6, 6.07) is 17.1. The second-order valence-electron chi connectivity index (χ2n) is 15.7. The molecule has 3 unspecified atom stereocenters. The molecule has 54 heavy (non-hydrogen) atoms. The van der Waals surface area contributed by atoms with E-state index in [-0.39, 0.29) is 60.6 Å². The molecule has 11 heteroatoms. The summed E-state index contributed by atoms with van der Waals surface area (Å²) in [5.74, 6) is -2.43. The van der Waals surface area contributed by atoms with E-state index in [1.54, 1.807) is 24.3 Å². The molecule has 294 valence electrons. The lowest BCUT2D eigenvalue weighted by Gasteiger charge is -2.37. The zero-order valence-electron chi connectivity index (χ0n) is 33.0. The second-order valence-corrected chi connectivity index (χ2v) is 16.5. The molecule has 1 aromatic heterocycles. The summed E-state index contributed by atoms with van der Waals surface area (Å²) in [5.41, 5.74) is 3.27. The highest BCUT2D eigenvalue weighted by Crippen LogP contribution is 2.31. The van der Waals surface area contributed by atoms with Crippen molar-refractivity contribution in [2.45, 2.75) is 110 Å². The lowest BCUT2D eigenvalue weighted by molar-refractivity contribution is -0.143. The van der Waals surface area contributed by atoms with E-state index < -0.39 is 35.9 Å². The van der Waals surface area contributed by atoms with Gasteiger partial charge in [-0.1, -0.05) is 102 Å². The first-order valence-corrected chi connectivity index (χ1v) is 20.4. The molecular weight excluding hydrogens is 701 g/mol. The van der Waals surface area contributed by atoms with Crippen LogP contribution in [0.2, 0.25) is 0 Å². The van der Waals surface area contributed by atoms with Crippen LogP contribution in [0.5, 0.6) is 0 Å². The van der Waals surface area contributed by atoms with E-state index in [1.165, 1.54) is 11.3 Å². The van der Waals surface area contributed by atoms with Crippen molar-refractivity contribution in [1.29, 1.82) is 0 Å². The highest BCUT2D eigenvalue weighted by molar-refractivity contribution is 7.09. The maximum absolute atomic E-state index is 14.1. The molecule has 0 saturated carbocycles. The van der Waals surface area contributed by atoms with Crippen LogP contribution in [0.3, 0.4) is 0 Å². The molecule has 2 heterocycles. The summed E-state index contributed by atoms with van der Waals surface area (Å²) in [4.78, 5) is 61.2. The van der Waals surface area contributed by atoms with Gasteiger partial charge in [0.1, 0.15) is 16.8 Å². The van der Waals surface area contributed by atoms with Crippen LogP contribution in [-0.4, -0.2) is 87.3 Å². The van der Waals surface area contributed by atoms with Crippen LogP contribution in [0, 0.1) is 23.7 Å². The number of aromatic nitrogens is 1. The predicted octanol–water partition coefficient (Wildman–Crippen LogP) is 7.27. The number of amides is 2. The minimum atomic E-state index is -1.02. The van der Waals surface area contributed by atoms with Crippen molar-refractivity contribution in [1.82, 2.24) is 20.1 Å². The maximum atomic E-state index is 14.1. The zero-order valence-corrected chi connectivity index (χ0v) is 33.9. The van der Waals surface area contributed by atoms with Crippen molar-refractivity contribution in [3.8, 4) is 11.1 Å². The number of thiazole rings is 1. The van der Waals surface area contributed by atoms with Crippen LogP contribution in [0.15, 0.2) is 60.0 Å². The van der Waals surface area contributed by atoms with Crippen molar-refractivity contribution >= 4 is 34.9 Å². The first-order valence-electron chi connectivity index (χ1n) is 19.5. The number of Topliss-reactive ketones (excluding diaryl/α,β-unsaturated/α-hetero) is 1. The quantitative estimate of drug-likeness (QED) is 0.116. The van der Waals surface area contributed by atoms with Gasteiger partial charge in [0.2, 0.25) is 5.91 Å². The Balaban J connectivity index is 1.43. The Morgan fingerprint density at radius 3 is 2.26 bits per heavy atom. The fraction of sp³-hybridized carbons (Fsp3) is 0.558. The summed E-state index contributed by atoms with van der Waals surface area (Å²) in [6.07, 6.45) is 3.77. The third-order valence-corrected chi connectivity index (χ3v) is 12.2. The third kappa shape index (κ3) is 11.5. The lowest BCUT2D eigenvalue weighted by atomic mass is 9.83. The number of aliphatic hydroxyl groups is 1. The number of aliphatic hydroxyl groups excluding tert-OH is 1. The number of piperidine rings is 1. The summed E-state index contributed by atoms with van der Waals surface area (Å²) >= 11 is 1.18. The second kappa shape index (κ2) is 20.1. The van der Waals surface area contributed by atoms with Gasteiger partial charge in [-0.3, -0.25) is 24.1 Å². The van der Waals surface area contributed by atoms with Crippen LogP contribution in [0.1, 0.15) is 107 Å². The molecular formula is C43H60N4O6S. The monoisotopic (exact) mass is 760 g/mol. The highest BCUT2D eigenvalue weighted by atomic mass is 32.1. The van der Waals surface area contributed by atoms with Crippen molar-refractivity contribution in [3.63, 3.8) is 0 Å². The first-order chi connectivity index (χ1) is 25.7. The normalized spacial score (nSPS) is 18.3. The van der Waals surface area contributed by atoms with Gasteiger partial charge < -0.3 is 20.4 Å². The van der Waals surface area contributed by atoms with Crippen LogP contribution < -0.4 is 5.32 Å². The van der Waals surface area contributed by atoms with E-state index in [2.05, 4.69) is 15.2 Å². The van der Waals surface area contributed by atoms with Crippen LogP contribution >= 0.6 is 11.3 Å². The van der Waals surface area contributed by atoms with Crippen molar-refractivity contribution in [2.24, 2.45) is 23.7 Å². The van der Waals surface area contributed by atoms with Crippen molar-refractivity contribution in [2.75, 3.05) is 20.6 Å². The Labute approximate surface area is 325 Å². The van der Waals surface area contributed by atoms with E-state index >= 15 is 0 Å². The number of likely N-dealkylation sites (N-methyl/N-ethyl adjacent to an activating group) is 1. The third-order valence-electron chi connectivity index (χ3n) is 11.3. The Hall–Kier alpha value is -3.93. The van der Waals surface area contributed by atoms with E-state index in [0.717, 1.165) is 48.9 Å². The lowest BCUT2D eigenvalue weighted by Crippen LogP contribution is -2.48. The van der Waals surface area contributed by atoms with Crippen LogP contribution in [0.25, 0.3) is 11.1 Å². The number of benzene rings is 2. The Morgan fingerprint density at radius 1 is 0.981 bits per heavy atom. The number of carbonyl (C=O) groups excluding carboxylic acids is 3. The maximum Gasteiger partial charge on any atom is 0.306 e. The SMILES string of the molecule is CCC(C)[C@H](CC(=O)C1CCCCN1C)C(=O)N(C)C(C[C@@H](O)c1nc(C(=O)N[C@@H](Cc2ccc(-c3ccccc3)cc2)C[C@H](C)C(=O)O)cs1)C(C)C. The molecule has 1 saturated heterocycles. The average molecular weight is 761 g/mol. The fourth-order valence-corrected chi connectivity index (χ4v) is 8.35. The summed E-state index contributed by atoms with van der Waals surface area (Å²) < 4.78 is 0. The highest BCUT2D eigenvalue weighted by Gasteiger charge is 2.37. The van der Waals surface area contributed by atoms with E-state index in [1.807, 2.05) is 89.3 Å². The molecule has 0 aliphatic carbocycles. The molecule has 1 fully saturated rings. The molecule has 3 N–H and O–H groups in total. The van der Waals surface area contributed by atoms with Gasteiger partial charge in [-0.25, -0.2) is 4.98 Å². The molecule has 10 nitrogen and oxygen atoms in total. The van der Waals surface area contributed by atoms with Gasteiger partial charge in [0.25, 0.3) is 5.91 Å². The molecule has 3 aromatic rings. The molecule has 2 amide bonds. The smallest absolute Gasteiger partial charge is 0.306 e. The number of likely N-dealkylation sites (tertiary alicyclic amines) is 1. The van der Waals surface area contributed by atoms with Gasteiger partial charge in [0, 0.05) is 43.3 Å². The molecule has 0 bridgehead atoms. The number of rotatable bonds is 19. The number of ketones is 1. The van der Waals surface area contributed by atoms with E-state index in [0.29, 0.717) is 11.4 Å². The Morgan fingerprint density at radius 2 is 1.65 bits per heavy atom. The Bertz CT molecular complexity index is 1680. The van der Waals surface area contributed by atoms with Gasteiger partial charge in [-0.05, 0) is 67.8 Å². The van der Waals surface area contributed by atoms with Gasteiger partial charge in [-0.2, -0.15) is 0 Å². The minimum Gasteiger partial charge on any atom is -0.481 e. The van der Waals surface area contributed by atoms with Crippen LogP contribution in [-0.2, 0) is 20.8 Å². The number of hydrogen-bond acceptors (Lipinski definition) is 8. The van der Waals surface area contributed by atoms with E-state index in [4.69, 9.17) is 0 Å². The average Bonchev–Trinajstić information content (AvgIpc) is 3.67. The number of carboxylic acids is 1. The molecule has 0 spiro atoms. The molecule has 1 aliphatic rings. The first kappa shape index (κ1) is 42.8. The number of nitrogens with one attached hydrogen (secondary N) is 1. The minimum absolute atomic E-state index is 0.00725. The van der Waals surface area contributed by atoms with Crippen LogP contribution in [0.4, 0.5) is 0 Å². The predicted molar refractivity (Wildman–Crippen MR) is 214 cm³/mol. The molecule has 4 rings (SSSR count). The summed E-state index contributed by atoms with van der Waals surface area (Å²) in [7, 11) is 3.75. The fourth-order valence-electron chi connectivity index (χ4n) is 7.56. The number of aliphatic carboxylic acids is 1. The zero-order chi connectivity index (χ0) is 39.5. The molecule has 7 atom stereocenters. The van der Waals surface area contributed by atoms with Gasteiger partial charge >= 0.3 is 5.97 Å². The number of nitrogens with zero attached hydrogens (tertiary/aromatic N) is 3. The van der Waals surface area contributed by atoms with E-state index in [9.17, 15) is 29.4 Å². The van der Waals surface area contributed by atoms with Crippen molar-refractivity contribution in [3.05, 3.63) is 76.2 Å². The summed E-state index contributed by atoms with van der Waals surface area (Å²) in [6.45, 7) is 10.6. The topological polar surface area (TPSA) is 140 Å². The van der Waals surface area contributed by atoms with Gasteiger partial charge in [0.15, 0.2) is 5.78 Å². The molecule has 1 aliphatic heterocycles. The Kier molecular flexibility index (Phi) is 15.9. The number of carbonyl (C=O) groups is 4. The number of carboxylic acid groups (broad SMARTS) is 1.